The van der Waals surface area contributed by atoms with E-state index in [0.717, 1.165) is 7.28 Å². The van der Waals surface area contributed by atoms with Crippen molar-refractivity contribution in [1.82, 2.24) is 0 Å². The molecule has 0 aromatic heterocycles. The average molecular weight is 218 g/mol. The van der Waals surface area contributed by atoms with Gasteiger partial charge in [0.25, 0.3) is 0 Å². The number of rotatable bonds is 1. The zero-order valence-corrected chi connectivity index (χ0v) is 10.3. The summed E-state index contributed by atoms with van der Waals surface area (Å²) in [5.41, 5.74) is 2.87. The summed E-state index contributed by atoms with van der Waals surface area (Å²) >= 11 is 0. The Bertz CT molecular complexity index is 641. The molecule has 3 rings (SSSR count). The van der Waals surface area contributed by atoms with Crippen LogP contribution in [0.5, 0.6) is 0 Å². The van der Waals surface area contributed by atoms with Crippen LogP contribution in [0.2, 0.25) is 6.82 Å². The van der Waals surface area contributed by atoms with E-state index in [2.05, 4.69) is 62.3 Å². The van der Waals surface area contributed by atoms with E-state index in [4.69, 9.17) is 0 Å². The Labute approximate surface area is 103 Å². The molecule has 0 saturated heterocycles. The summed E-state index contributed by atoms with van der Waals surface area (Å²) in [6, 6.07) is 17.5. The van der Waals surface area contributed by atoms with Crippen molar-refractivity contribution in [1.29, 1.82) is 0 Å². The highest BCUT2D eigenvalue weighted by Crippen LogP contribution is 2.25. The molecular formula is C16H15B. The van der Waals surface area contributed by atoms with Crippen LogP contribution in [0, 0.1) is 6.92 Å². The lowest BCUT2D eigenvalue weighted by Gasteiger charge is -2.13. The largest absolute Gasteiger partial charge is 0.156 e. The SMILES string of the molecule is CBc1c2ccccc2c(C)c2ccccc12. The Morgan fingerprint density at radius 3 is 1.53 bits per heavy atom. The second-order valence-electron chi connectivity index (χ2n) is 4.55. The molecule has 0 unspecified atom stereocenters. The molecule has 0 aliphatic heterocycles. The van der Waals surface area contributed by atoms with Gasteiger partial charge in [0, 0.05) is 0 Å². The molecule has 0 amide bonds. The highest BCUT2D eigenvalue weighted by molar-refractivity contribution is 6.60. The molecule has 0 saturated carbocycles. The molecule has 82 valence electrons. The van der Waals surface area contributed by atoms with Gasteiger partial charge in [-0.1, -0.05) is 60.8 Å². The van der Waals surface area contributed by atoms with Gasteiger partial charge in [-0.3, -0.25) is 0 Å². The minimum absolute atomic E-state index is 1.08. The molecule has 0 nitrogen and oxygen atoms in total. The van der Waals surface area contributed by atoms with Crippen LogP contribution in [0.15, 0.2) is 48.5 Å². The standard InChI is InChI=1S/C16H15B/c1-11-12-7-3-5-9-14(12)16(17-2)15-10-6-4-8-13(11)15/h3-10,17H,1-2H3. The van der Waals surface area contributed by atoms with Gasteiger partial charge in [-0.05, 0) is 34.0 Å². The smallest absolute Gasteiger partial charge is 0.0848 e. The van der Waals surface area contributed by atoms with Crippen molar-refractivity contribution >= 4 is 34.3 Å². The summed E-state index contributed by atoms with van der Waals surface area (Å²) in [4.78, 5) is 0. The summed E-state index contributed by atoms with van der Waals surface area (Å²) in [5, 5.41) is 5.60. The summed E-state index contributed by atoms with van der Waals surface area (Å²) in [6.07, 6.45) is 0. The molecule has 0 spiro atoms. The van der Waals surface area contributed by atoms with Gasteiger partial charge in [0.15, 0.2) is 7.28 Å². The molecule has 0 fully saturated rings. The van der Waals surface area contributed by atoms with Crippen molar-refractivity contribution < 1.29 is 0 Å². The zero-order chi connectivity index (χ0) is 11.8. The van der Waals surface area contributed by atoms with E-state index in [-0.39, 0.29) is 0 Å². The number of aryl methyl sites for hydroxylation is 1. The molecule has 17 heavy (non-hydrogen) atoms. The Morgan fingerprint density at radius 1 is 0.706 bits per heavy atom. The summed E-state index contributed by atoms with van der Waals surface area (Å²) < 4.78 is 0. The van der Waals surface area contributed by atoms with E-state index in [1.807, 2.05) is 0 Å². The highest BCUT2D eigenvalue weighted by Gasteiger charge is 2.08. The maximum Gasteiger partial charge on any atom is 0.156 e. The van der Waals surface area contributed by atoms with Crippen molar-refractivity contribution in [2.75, 3.05) is 0 Å². The van der Waals surface area contributed by atoms with E-state index in [1.165, 1.54) is 32.6 Å². The van der Waals surface area contributed by atoms with Crippen LogP contribution in [-0.4, -0.2) is 7.28 Å². The second-order valence-corrected chi connectivity index (χ2v) is 4.55. The van der Waals surface area contributed by atoms with E-state index in [1.54, 1.807) is 0 Å². The predicted molar refractivity (Wildman–Crippen MR) is 78.8 cm³/mol. The van der Waals surface area contributed by atoms with Gasteiger partial charge in [-0.15, -0.1) is 0 Å². The third-order valence-corrected chi connectivity index (χ3v) is 3.67. The molecule has 0 heterocycles. The molecule has 0 N–H and O–H groups in total. The van der Waals surface area contributed by atoms with Crippen molar-refractivity contribution in [3.05, 3.63) is 54.1 Å². The van der Waals surface area contributed by atoms with Crippen LogP contribution in [0.1, 0.15) is 5.56 Å². The van der Waals surface area contributed by atoms with Gasteiger partial charge < -0.3 is 0 Å². The first kappa shape index (κ1) is 10.4. The fraction of sp³-hybridized carbons (Fsp3) is 0.125. The lowest BCUT2D eigenvalue weighted by atomic mass is 9.68. The fourth-order valence-electron chi connectivity index (χ4n) is 2.82. The van der Waals surface area contributed by atoms with Crippen molar-refractivity contribution in [2.24, 2.45) is 0 Å². The Hall–Kier alpha value is -1.76. The van der Waals surface area contributed by atoms with E-state index in [9.17, 15) is 0 Å². The maximum atomic E-state index is 2.24. The van der Waals surface area contributed by atoms with Crippen LogP contribution >= 0.6 is 0 Å². The first-order valence-electron chi connectivity index (χ1n) is 6.22. The fourth-order valence-corrected chi connectivity index (χ4v) is 2.82. The summed E-state index contributed by atoms with van der Waals surface area (Å²) in [5.74, 6) is 0. The predicted octanol–water partition coefficient (Wildman–Crippen LogP) is 3.41. The first-order valence-corrected chi connectivity index (χ1v) is 6.22. The van der Waals surface area contributed by atoms with Crippen molar-refractivity contribution in [3.63, 3.8) is 0 Å². The van der Waals surface area contributed by atoms with Gasteiger partial charge in [0.2, 0.25) is 0 Å². The molecule has 3 aromatic carbocycles. The Balaban J connectivity index is 2.63. The lowest BCUT2D eigenvalue weighted by Crippen LogP contribution is -2.14. The Morgan fingerprint density at radius 2 is 1.12 bits per heavy atom. The third kappa shape index (κ3) is 1.46. The quantitative estimate of drug-likeness (QED) is 0.433. The maximum absolute atomic E-state index is 2.24. The van der Waals surface area contributed by atoms with E-state index < -0.39 is 0 Å². The topological polar surface area (TPSA) is 0 Å². The number of hydrogen-bond acceptors (Lipinski definition) is 0. The lowest BCUT2D eigenvalue weighted by molar-refractivity contribution is 1.59. The number of hydrogen-bond donors (Lipinski definition) is 0. The van der Waals surface area contributed by atoms with Crippen LogP contribution in [0.3, 0.4) is 0 Å². The van der Waals surface area contributed by atoms with Gasteiger partial charge in [-0.2, -0.15) is 0 Å². The molecule has 0 radical (unpaired) electrons. The van der Waals surface area contributed by atoms with Crippen molar-refractivity contribution in [3.8, 4) is 0 Å². The van der Waals surface area contributed by atoms with Crippen LogP contribution < -0.4 is 5.46 Å². The van der Waals surface area contributed by atoms with Crippen LogP contribution in [-0.2, 0) is 0 Å². The van der Waals surface area contributed by atoms with Gasteiger partial charge in [0.05, 0.1) is 0 Å². The van der Waals surface area contributed by atoms with Crippen molar-refractivity contribution in [2.45, 2.75) is 13.7 Å². The normalized spacial score (nSPS) is 10.9. The summed E-state index contributed by atoms with van der Waals surface area (Å²) in [7, 11) is 1.08. The Kier molecular flexibility index (Phi) is 2.40. The first-order chi connectivity index (χ1) is 8.33. The molecular weight excluding hydrogens is 203 g/mol. The number of fused-ring (bicyclic) bond motifs is 2. The van der Waals surface area contributed by atoms with E-state index in [0.29, 0.717) is 0 Å². The molecule has 0 aliphatic carbocycles. The summed E-state index contributed by atoms with van der Waals surface area (Å²) in [6.45, 7) is 4.47. The third-order valence-electron chi connectivity index (χ3n) is 3.67. The monoisotopic (exact) mass is 218 g/mol. The molecule has 3 aromatic rings. The molecule has 1 heteroatoms. The van der Waals surface area contributed by atoms with Gasteiger partial charge in [0.1, 0.15) is 0 Å². The minimum atomic E-state index is 1.08. The second kappa shape index (κ2) is 3.92. The van der Waals surface area contributed by atoms with Crippen LogP contribution in [0.25, 0.3) is 21.5 Å². The zero-order valence-electron chi connectivity index (χ0n) is 10.3. The molecule has 0 bridgehead atoms. The number of benzene rings is 3. The molecule has 0 aliphatic rings. The molecule has 0 atom stereocenters. The minimum Gasteiger partial charge on any atom is -0.0848 e. The average Bonchev–Trinajstić information content (AvgIpc) is 2.40. The van der Waals surface area contributed by atoms with Crippen LogP contribution in [0.4, 0.5) is 0 Å². The van der Waals surface area contributed by atoms with Gasteiger partial charge in [-0.25, -0.2) is 0 Å². The van der Waals surface area contributed by atoms with E-state index >= 15 is 0 Å². The van der Waals surface area contributed by atoms with Gasteiger partial charge >= 0.3 is 0 Å². The highest BCUT2D eigenvalue weighted by atomic mass is 14.1.